The van der Waals surface area contributed by atoms with Gasteiger partial charge in [0.1, 0.15) is 0 Å². The Labute approximate surface area is 142 Å². The molecule has 2 aromatic rings. The molecule has 1 saturated heterocycles. The van der Waals surface area contributed by atoms with Crippen molar-refractivity contribution in [2.24, 2.45) is 0 Å². The molecule has 1 aliphatic rings. The first-order valence-corrected chi connectivity index (χ1v) is 9.10. The second-order valence-corrected chi connectivity index (χ2v) is 6.96. The number of nitrogens with zero attached hydrogens (tertiary/aromatic N) is 1. The lowest BCUT2D eigenvalue weighted by atomic mass is 10.1. The van der Waals surface area contributed by atoms with Crippen LogP contribution in [0, 0.1) is 6.92 Å². The molecule has 0 saturated carbocycles. The zero-order chi connectivity index (χ0) is 16.1. The first-order chi connectivity index (χ1) is 11.2. The predicted octanol–water partition coefficient (Wildman–Crippen LogP) is 4.55. The van der Waals surface area contributed by atoms with Crippen LogP contribution in [0.15, 0.2) is 60.7 Å². The van der Waals surface area contributed by atoms with Crippen LogP contribution in [0.2, 0.25) is 0 Å². The molecule has 1 atom stereocenters. The Morgan fingerprint density at radius 1 is 1.13 bits per heavy atom. The molecular weight excluding hydrogens is 302 g/mol. The summed E-state index contributed by atoms with van der Waals surface area (Å²) in [7, 11) is 0. The highest BCUT2D eigenvalue weighted by atomic mass is 32.2. The van der Waals surface area contributed by atoms with Crippen LogP contribution < -0.4 is 4.90 Å². The van der Waals surface area contributed by atoms with Gasteiger partial charge in [0.2, 0.25) is 0 Å². The molecule has 118 valence electrons. The molecule has 1 fully saturated rings. The van der Waals surface area contributed by atoms with Crippen molar-refractivity contribution in [3.63, 3.8) is 0 Å². The van der Waals surface area contributed by atoms with E-state index in [-0.39, 0.29) is 11.9 Å². The lowest BCUT2D eigenvalue weighted by Crippen LogP contribution is -2.39. The Bertz CT molecular complexity index is 673. The van der Waals surface area contributed by atoms with Gasteiger partial charge in [-0.2, -0.15) is 11.8 Å². The van der Waals surface area contributed by atoms with E-state index < -0.39 is 0 Å². The molecule has 1 heterocycles. The van der Waals surface area contributed by atoms with Gasteiger partial charge in [0, 0.05) is 23.6 Å². The van der Waals surface area contributed by atoms with Gasteiger partial charge in [-0.15, -0.1) is 0 Å². The van der Waals surface area contributed by atoms with E-state index in [0.717, 1.165) is 29.2 Å². The lowest BCUT2D eigenvalue weighted by molar-refractivity contribution is -0.114. The topological polar surface area (TPSA) is 20.3 Å². The largest absolute Gasteiger partial charge is 0.305 e. The molecule has 3 rings (SSSR count). The van der Waals surface area contributed by atoms with Crippen LogP contribution >= 0.6 is 11.8 Å². The van der Waals surface area contributed by atoms with E-state index in [1.165, 1.54) is 5.56 Å². The van der Waals surface area contributed by atoms with Crippen LogP contribution in [0.25, 0.3) is 6.08 Å². The van der Waals surface area contributed by atoms with Crippen LogP contribution in [0.4, 0.5) is 5.69 Å². The number of carbonyl (C=O) groups is 1. The second-order valence-electron chi connectivity index (χ2n) is 5.81. The summed E-state index contributed by atoms with van der Waals surface area (Å²) in [4.78, 5) is 14.7. The Kier molecular flexibility index (Phi) is 5.19. The molecule has 1 aliphatic heterocycles. The number of para-hydroxylation sites is 1. The normalized spacial score (nSPS) is 17.5. The zero-order valence-corrected chi connectivity index (χ0v) is 14.1. The van der Waals surface area contributed by atoms with Crippen LogP contribution in [0.3, 0.4) is 0 Å². The molecule has 0 aromatic heterocycles. The third kappa shape index (κ3) is 4.05. The van der Waals surface area contributed by atoms with E-state index in [4.69, 9.17) is 0 Å². The minimum absolute atomic E-state index is 0.0595. The summed E-state index contributed by atoms with van der Waals surface area (Å²) in [5.74, 6) is 2.20. The first-order valence-electron chi connectivity index (χ1n) is 7.95. The number of carbonyl (C=O) groups excluding carboxylic acids is 1. The maximum absolute atomic E-state index is 12.8. The molecular formula is C20H21NOS. The van der Waals surface area contributed by atoms with Crippen molar-refractivity contribution < 1.29 is 4.79 Å². The van der Waals surface area contributed by atoms with Crippen molar-refractivity contribution in [2.45, 2.75) is 19.4 Å². The quantitative estimate of drug-likeness (QED) is 0.770. The summed E-state index contributed by atoms with van der Waals surface area (Å²) in [5, 5.41) is 0. The maximum atomic E-state index is 12.8. The summed E-state index contributed by atoms with van der Waals surface area (Å²) in [6.07, 6.45) is 4.66. The maximum Gasteiger partial charge on any atom is 0.251 e. The molecule has 0 spiro atoms. The average Bonchev–Trinajstić information content (AvgIpc) is 3.10. The molecule has 1 unspecified atom stereocenters. The van der Waals surface area contributed by atoms with Gasteiger partial charge in [-0.25, -0.2) is 0 Å². The summed E-state index contributed by atoms with van der Waals surface area (Å²) in [6, 6.07) is 18.5. The molecule has 0 N–H and O–H groups in total. The second kappa shape index (κ2) is 7.51. The summed E-state index contributed by atoms with van der Waals surface area (Å²) in [5.41, 5.74) is 3.26. The summed E-state index contributed by atoms with van der Waals surface area (Å²) in [6.45, 7) is 2.06. The van der Waals surface area contributed by atoms with Crippen molar-refractivity contribution >= 4 is 29.4 Å². The highest BCUT2D eigenvalue weighted by molar-refractivity contribution is 7.99. The number of rotatable bonds is 4. The average molecular weight is 323 g/mol. The molecule has 0 aliphatic carbocycles. The molecule has 0 radical (unpaired) electrons. The SMILES string of the molecule is Cc1ccc(/C=C/C(=O)N(c2ccccc2)C2CCSC2)cc1. The van der Waals surface area contributed by atoms with Gasteiger partial charge in [-0.05, 0) is 42.9 Å². The number of aryl methyl sites for hydroxylation is 1. The Morgan fingerprint density at radius 2 is 1.87 bits per heavy atom. The van der Waals surface area contributed by atoms with Gasteiger partial charge in [0.25, 0.3) is 5.91 Å². The van der Waals surface area contributed by atoms with E-state index in [9.17, 15) is 4.79 Å². The Morgan fingerprint density at radius 3 is 2.52 bits per heavy atom. The van der Waals surface area contributed by atoms with Crippen molar-refractivity contribution in [2.75, 3.05) is 16.4 Å². The molecule has 1 amide bonds. The molecule has 2 nitrogen and oxygen atoms in total. The van der Waals surface area contributed by atoms with Crippen molar-refractivity contribution in [1.82, 2.24) is 0 Å². The van der Waals surface area contributed by atoms with Crippen LogP contribution in [0.1, 0.15) is 17.5 Å². The van der Waals surface area contributed by atoms with Crippen molar-refractivity contribution in [1.29, 1.82) is 0 Å². The highest BCUT2D eigenvalue weighted by Gasteiger charge is 2.27. The number of hydrogen-bond donors (Lipinski definition) is 0. The van der Waals surface area contributed by atoms with E-state index in [0.29, 0.717) is 0 Å². The third-order valence-corrected chi connectivity index (χ3v) is 5.18. The highest BCUT2D eigenvalue weighted by Crippen LogP contribution is 2.27. The third-order valence-electron chi connectivity index (χ3n) is 4.04. The van der Waals surface area contributed by atoms with Gasteiger partial charge in [-0.1, -0.05) is 48.0 Å². The van der Waals surface area contributed by atoms with E-state index in [2.05, 4.69) is 19.1 Å². The van der Waals surface area contributed by atoms with E-state index >= 15 is 0 Å². The summed E-state index contributed by atoms with van der Waals surface area (Å²) >= 11 is 1.92. The number of anilines is 1. The van der Waals surface area contributed by atoms with E-state index in [1.807, 2.05) is 65.2 Å². The summed E-state index contributed by atoms with van der Waals surface area (Å²) < 4.78 is 0. The lowest BCUT2D eigenvalue weighted by Gasteiger charge is -2.27. The monoisotopic (exact) mass is 323 g/mol. The van der Waals surface area contributed by atoms with Gasteiger partial charge in [0.15, 0.2) is 0 Å². The molecule has 3 heteroatoms. The first kappa shape index (κ1) is 15.9. The van der Waals surface area contributed by atoms with Crippen LogP contribution in [-0.4, -0.2) is 23.5 Å². The number of thioether (sulfide) groups is 1. The molecule has 23 heavy (non-hydrogen) atoms. The fraction of sp³-hybridized carbons (Fsp3) is 0.250. The van der Waals surface area contributed by atoms with E-state index in [1.54, 1.807) is 6.08 Å². The van der Waals surface area contributed by atoms with Gasteiger partial charge < -0.3 is 4.90 Å². The Hall–Kier alpha value is -2.00. The standard InChI is InChI=1S/C20H21NOS/c1-16-7-9-17(10-8-16)11-12-20(22)21(19-13-14-23-15-19)18-5-3-2-4-6-18/h2-12,19H,13-15H2,1H3/b12-11+. The predicted molar refractivity (Wildman–Crippen MR) is 99.9 cm³/mol. The zero-order valence-electron chi connectivity index (χ0n) is 13.3. The van der Waals surface area contributed by atoms with Gasteiger partial charge in [0.05, 0.1) is 0 Å². The van der Waals surface area contributed by atoms with Crippen LogP contribution in [0.5, 0.6) is 0 Å². The Balaban J connectivity index is 1.81. The minimum Gasteiger partial charge on any atom is -0.305 e. The van der Waals surface area contributed by atoms with Gasteiger partial charge >= 0.3 is 0 Å². The number of amides is 1. The molecule has 2 aromatic carbocycles. The smallest absolute Gasteiger partial charge is 0.251 e. The van der Waals surface area contributed by atoms with Crippen molar-refractivity contribution in [3.8, 4) is 0 Å². The van der Waals surface area contributed by atoms with Gasteiger partial charge in [-0.3, -0.25) is 4.79 Å². The number of benzene rings is 2. The fourth-order valence-corrected chi connectivity index (χ4v) is 3.95. The molecule has 0 bridgehead atoms. The van der Waals surface area contributed by atoms with Crippen LogP contribution in [-0.2, 0) is 4.79 Å². The minimum atomic E-state index is 0.0595. The van der Waals surface area contributed by atoms with Crippen molar-refractivity contribution in [3.05, 3.63) is 71.8 Å². The number of hydrogen-bond acceptors (Lipinski definition) is 2. The fourth-order valence-electron chi connectivity index (χ4n) is 2.76.